The van der Waals surface area contributed by atoms with E-state index in [9.17, 15) is 4.79 Å². The minimum atomic E-state index is 0.414. The molecule has 0 heterocycles. The molecule has 19 heavy (non-hydrogen) atoms. The molecule has 2 rings (SSSR count). The van der Waals surface area contributed by atoms with Gasteiger partial charge in [0.1, 0.15) is 5.78 Å². The number of fused-ring (bicyclic) bond motifs is 1. The molecule has 0 bridgehead atoms. The first kappa shape index (κ1) is 14.8. The lowest BCUT2D eigenvalue weighted by Gasteiger charge is -2.30. The molecule has 1 unspecified atom stereocenters. The molecule has 0 amide bonds. The Balaban J connectivity index is 1.96. The molecule has 0 aromatic heterocycles. The molecule has 2 aliphatic rings. The summed E-state index contributed by atoms with van der Waals surface area (Å²) in [5.74, 6) is 4.44. The van der Waals surface area contributed by atoms with Gasteiger partial charge in [-0.1, -0.05) is 39.8 Å². The number of rotatable bonds is 4. The Bertz CT molecular complexity index is 342. The lowest BCUT2D eigenvalue weighted by atomic mass is 9.73. The Kier molecular flexibility index (Phi) is 4.86. The Morgan fingerprint density at radius 1 is 1.05 bits per heavy atom. The third-order valence-electron chi connectivity index (χ3n) is 5.70. The molecule has 1 nitrogen and oxygen atoms in total. The van der Waals surface area contributed by atoms with Crippen LogP contribution in [0.4, 0.5) is 0 Å². The number of Topliss-reactive ketones (excluding diaryl/α,β-unsaturated/α-hetero) is 1. The fourth-order valence-electron chi connectivity index (χ4n) is 3.98. The second-order valence-corrected chi connectivity index (χ2v) is 7.22. The average molecular weight is 262 g/mol. The average Bonchev–Trinajstić information content (AvgIpc) is 2.80. The standard InChI is InChI=1S/C18H30O/c1-12(2)13(3)8-9-14(4)15-10-11-17-16(15)6-5-7-18(17)19/h8-9,12-17H,5-7,10-11H2,1-4H3/t13-,14-,15?,16+,17+/m0/s1. The van der Waals surface area contributed by atoms with Crippen LogP contribution in [-0.4, -0.2) is 5.78 Å². The molecule has 2 saturated carbocycles. The van der Waals surface area contributed by atoms with Crippen molar-refractivity contribution in [2.45, 2.75) is 59.8 Å². The molecule has 1 heteroatoms. The topological polar surface area (TPSA) is 17.1 Å². The molecular weight excluding hydrogens is 232 g/mol. The lowest BCUT2D eigenvalue weighted by molar-refractivity contribution is -0.126. The summed E-state index contributed by atoms with van der Waals surface area (Å²) in [7, 11) is 0. The Labute approximate surface area is 118 Å². The number of hydrogen-bond donors (Lipinski definition) is 0. The van der Waals surface area contributed by atoms with E-state index < -0.39 is 0 Å². The maximum atomic E-state index is 12.0. The summed E-state index contributed by atoms with van der Waals surface area (Å²) in [6.07, 6.45) is 10.5. The van der Waals surface area contributed by atoms with Gasteiger partial charge in [-0.05, 0) is 55.3 Å². The van der Waals surface area contributed by atoms with Crippen LogP contribution >= 0.6 is 0 Å². The first-order chi connectivity index (χ1) is 9.00. The fourth-order valence-corrected chi connectivity index (χ4v) is 3.98. The molecule has 0 aromatic rings. The predicted molar refractivity (Wildman–Crippen MR) is 80.9 cm³/mol. The van der Waals surface area contributed by atoms with Crippen LogP contribution in [0.25, 0.3) is 0 Å². The van der Waals surface area contributed by atoms with E-state index in [0.29, 0.717) is 29.5 Å². The van der Waals surface area contributed by atoms with Crippen LogP contribution in [0.1, 0.15) is 59.8 Å². The van der Waals surface area contributed by atoms with Crippen molar-refractivity contribution < 1.29 is 4.79 Å². The van der Waals surface area contributed by atoms with Crippen LogP contribution in [-0.2, 0) is 4.79 Å². The SMILES string of the molecule is CC(C)[C@@H](C)C=C[C@H](C)C1CC[C@H]2C(=O)CCC[C@H]12. The number of allylic oxidation sites excluding steroid dienone is 2. The smallest absolute Gasteiger partial charge is 0.136 e. The zero-order valence-corrected chi connectivity index (χ0v) is 13.1. The molecule has 108 valence electrons. The highest BCUT2D eigenvalue weighted by atomic mass is 16.1. The summed E-state index contributed by atoms with van der Waals surface area (Å²) in [5, 5.41) is 0. The van der Waals surface area contributed by atoms with Crippen molar-refractivity contribution in [2.24, 2.45) is 35.5 Å². The largest absolute Gasteiger partial charge is 0.299 e. The van der Waals surface area contributed by atoms with E-state index in [0.717, 1.165) is 31.1 Å². The van der Waals surface area contributed by atoms with Crippen molar-refractivity contribution in [3.05, 3.63) is 12.2 Å². The fraction of sp³-hybridized carbons (Fsp3) is 0.833. The second-order valence-electron chi connectivity index (χ2n) is 7.22. The summed E-state index contributed by atoms with van der Waals surface area (Å²) in [4.78, 5) is 12.0. The summed E-state index contributed by atoms with van der Waals surface area (Å²) in [6, 6.07) is 0. The van der Waals surface area contributed by atoms with Crippen LogP contribution in [0.2, 0.25) is 0 Å². The molecule has 2 fully saturated rings. The summed E-state index contributed by atoms with van der Waals surface area (Å²) in [6.45, 7) is 9.22. The number of hydrogen-bond acceptors (Lipinski definition) is 1. The first-order valence-electron chi connectivity index (χ1n) is 8.21. The zero-order chi connectivity index (χ0) is 14.0. The van der Waals surface area contributed by atoms with E-state index in [4.69, 9.17) is 0 Å². The van der Waals surface area contributed by atoms with Crippen LogP contribution in [0.5, 0.6) is 0 Å². The zero-order valence-electron chi connectivity index (χ0n) is 13.1. The van der Waals surface area contributed by atoms with Crippen LogP contribution in [0, 0.1) is 35.5 Å². The molecule has 0 aliphatic heterocycles. The van der Waals surface area contributed by atoms with Gasteiger partial charge < -0.3 is 0 Å². The van der Waals surface area contributed by atoms with Gasteiger partial charge in [-0.25, -0.2) is 0 Å². The Morgan fingerprint density at radius 2 is 1.79 bits per heavy atom. The number of ketones is 1. The third-order valence-corrected chi connectivity index (χ3v) is 5.70. The van der Waals surface area contributed by atoms with E-state index in [1.165, 1.54) is 12.8 Å². The second kappa shape index (κ2) is 6.24. The van der Waals surface area contributed by atoms with Crippen molar-refractivity contribution in [1.29, 1.82) is 0 Å². The maximum Gasteiger partial charge on any atom is 0.136 e. The molecule has 5 atom stereocenters. The predicted octanol–water partition coefficient (Wildman–Crippen LogP) is 4.87. The van der Waals surface area contributed by atoms with Crippen molar-refractivity contribution in [3.63, 3.8) is 0 Å². The van der Waals surface area contributed by atoms with E-state index in [1.54, 1.807) is 0 Å². The molecule has 0 radical (unpaired) electrons. The van der Waals surface area contributed by atoms with Gasteiger partial charge in [0, 0.05) is 12.3 Å². The monoisotopic (exact) mass is 262 g/mol. The first-order valence-corrected chi connectivity index (χ1v) is 8.21. The molecule has 0 spiro atoms. The molecular formula is C18H30O. The van der Waals surface area contributed by atoms with Crippen molar-refractivity contribution in [3.8, 4) is 0 Å². The quantitative estimate of drug-likeness (QED) is 0.661. The third kappa shape index (κ3) is 3.30. The van der Waals surface area contributed by atoms with Gasteiger partial charge in [-0.15, -0.1) is 0 Å². The van der Waals surface area contributed by atoms with Crippen molar-refractivity contribution in [1.82, 2.24) is 0 Å². The van der Waals surface area contributed by atoms with Gasteiger partial charge in [-0.3, -0.25) is 4.79 Å². The molecule has 2 aliphatic carbocycles. The van der Waals surface area contributed by atoms with Gasteiger partial charge in [0.2, 0.25) is 0 Å². The van der Waals surface area contributed by atoms with Gasteiger partial charge in [-0.2, -0.15) is 0 Å². The van der Waals surface area contributed by atoms with Gasteiger partial charge in [0.15, 0.2) is 0 Å². The highest BCUT2D eigenvalue weighted by molar-refractivity contribution is 5.82. The van der Waals surface area contributed by atoms with Crippen LogP contribution < -0.4 is 0 Å². The van der Waals surface area contributed by atoms with Crippen molar-refractivity contribution >= 4 is 5.78 Å². The highest BCUT2D eigenvalue weighted by Gasteiger charge is 2.42. The van der Waals surface area contributed by atoms with Crippen LogP contribution in [0.15, 0.2) is 12.2 Å². The van der Waals surface area contributed by atoms with Crippen LogP contribution in [0.3, 0.4) is 0 Å². The molecule has 0 N–H and O–H groups in total. The summed E-state index contributed by atoms with van der Waals surface area (Å²) in [5.41, 5.74) is 0. The molecule has 0 saturated heterocycles. The highest BCUT2D eigenvalue weighted by Crippen LogP contribution is 2.47. The van der Waals surface area contributed by atoms with E-state index in [1.807, 2.05) is 0 Å². The summed E-state index contributed by atoms with van der Waals surface area (Å²) < 4.78 is 0. The van der Waals surface area contributed by atoms with Gasteiger partial charge in [0.05, 0.1) is 0 Å². The van der Waals surface area contributed by atoms with Crippen molar-refractivity contribution in [2.75, 3.05) is 0 Å². The van der Waals surface area contributed by atoms with E-state index >= 15 is 0 Å². The maximum absolute atomic E-state index is 12.0. The minimum absolute atomic E-state index is 0.414. The number of carbonyl (C=O) groups is 1. The van der Waals surface area contributed by atoms with Gasteiger partial charge >= 0.3 is 0 Å². The normalized spacial score (nSPS) is 34.8. The number of carbonyl (C=O) groups excluding carboxylic acids is 1. The Morgan fingerprint density at radius 3 is 2.47 bits per heavy atom. The summed E-state index contributed by atoms with van der Waals surface area (Å²) >= 11 is 0. The van der Waals surface area contributed by atoms with E-state index in [-0.39, 0.29) is 0 Å². The Hall–Kier alpha value is -0.590. The molecule has 0 aromatic carbocycles. The minimum Gasteiger partial charge on any atom is -0.299 e. The lowest BCUT2D eigenvalue weighted by Crippen LogP contribution is -2.29. The van der Waals surface area contributed by atoms with Gasteiger partial charge in [0.25, 0.3) is 0 Å². The van der Waals surface area contributed by atoms with E-state index in [2.05, 4.69) is 39.8 Å².